The van der Waals surface area contributed by atoms with E-state index in [9.17, 15) is 9.90 Å². The minimum Gasteiger partial charge on any atom is -0.497 e. The number of rotatable bonds is 9. The Morgan fingerprint density at radius 2 is 2.00 bits per heavy atom. The molecular weight excluding hydrogens is 258 g/mol. The highest BCUT2D eigenvalue weighted by Crippen LogP contribution is 2.22. The molecule has 2 atom stereocenters. The Bertz CT molecular complexity index is 405. The van der Waals surface area contributed by atoms with E-state index >= 15 is 0 Å². The number of nitrogens with one attached hydrogen (secondary N) is 1. The number of hydrogen-bond donors (Lipinski definition) is 3. The lowest BCUT2D eigenvalue weighted by Crippen LogP contribution is -2.37. The molecule has 0 bridgehead atoms. The van der Waals surface area contributed by atoms with E-state index in [2.05, 4.69) is 12.2 Å². The second-order valence-electron chi connectivity index (χ2n) is 4.73. The Hall–Kier alpha value is -1.59. The van der Waals surface area contributed by atoms with Crippen molar-refractivity contribution in [2.24, 2.45) is 0 Å². The number of benzene rings is 1. The molecule has 0 aliphatic rings. The van der Waals surface area contributed by atoms with Crippen LogP contribution in [0.4, 0.5) is 0 Å². The van der Waals surface area contributed by atoms with Crippen molar-refractivity contribution in [3.05, 3.63) is 29.8 Å². The van der Waals surface area contributed by atoms with E-state index in [1.165, 1.54) is 0 Å². The van der Waals surface area contributed by atoms with E-state index in [4.69, 9.17) is 9.84 Å². The van der Waals surface area contributed by atoms with Gasteiger partial charge in [-0.15, -0.1) is 0 Å². The minimum absolute atomic E-state index is 0.114. The first-order chi connectivity index (χ1) is 9.58. The van der Waals surface area contributed by atoms with E-state index in [0.29, 0.717) is 17.9 Å². The smallest absolute Gasteiger partial charge is 0.305 e. The van der Waals surface area contributed by atoms with Crippen molar-refractivity contribution in [2.45, 2.75) is 38.3 Å². The Kier molecular flexibility index (Phi) is 7.04. The van der Waals surface area contributed by atoms with Crippen LogP contribution in [-0.4, -0.2) is 35.9 Å². The third kappa shape index (κ3) is 5.19. The summed E-state index contributed by atoms with van der Waals surface area (Å²) in [5, 5.41) is 22.4. The molecule has 1 aromatic rings. The number of methoxy groups -OCH3 is 1. The number of aliphatic carboxylic acids is 1. The third-order valence-electron chi connectivity index (χ3n) is 3.17. The fourth-order valence-electron chi connectivity index (χ4n) is 1.98. The predicted octanol–water partition coefficient (Wildman–Crippen LogP) is 1.96. The van der Waals surface area contributed by atoms with Crippen LogP contribution in [0.25, 0.3) is 0 Å². The quantitative estimate of drug-likeness (QED) is 0.603. The number of unbranched alkanes of at least 4 members (excludes halogenated alkanes) is 1. The molecule has 5 heteroatoms. The molecule has 0 saturated carbocycles. The van der Waals surface area contributed by atoms with E-state index < -0.39 is 18.1 Å². The van der Waals surface area contributed by atoms with Crippen LogP contribution in [0.2, 0.25) is 0 Å². The van der Waals surface area contributed by atoms with Crippen LogP contribution in [0.15, 0.2) is 24.3 Å². The van der Waals surface area contributed by atoms with Gasteiger partial charge in [0, 0.05) is 6.04 Å². The molecule has 0 amide bonds. The summed E-state index contributed by atoms with van der Waals surface area (Å²) in [6.45, 7) is 2.76. The molecular formula is C15H23NO4. The molecule has 5 nitrogen and oxygen atoms in total. The van der Waals surface area contributed by atoms with Gasteiger partial charge in [0.05, 0.1) is 19.6 Å². The molecule has 112 valence electrons. The van der Waals surface area contributed by atoms with Gasteiger partial charge in [-0.05, 0) is 30.7 Å². The van der Waals surface area contributed by atoms with Gasteiger partial charge >= 0.3 is 5.97 Å². The summed E-state index contributed by atoms with van der Waals surface area (Å²) in [6, 6.07) is 6.51. The van der Waals surface area contributed by atoms with Crippen molar-refractivity contribution in [3.8, 4) is 5.75 Å². The van der Waals surface area contributed by atoms with Crippen molar-refractivity contribution in [2.75, 3.05) is 13.7 Å². The van der Waals surface area contributed by atoms with Gasteiger partial charge in [-0.3, -0.25) is 4.79 Å². The van der Waals surface area contributed by atoms with E-state index in [-0.39, 0.29) is 6.42 Å². The fraction of sp³-hybridized carbons (Fsp3) is 0.533. The third-order valence-corrected chi connectivity index (χ3v) is 3.17. The summed E-state index contributed by atoms with van der Waals surface area (Å²) in [4.78, 5) is 10.9. The van der Waals surface area contributed by atoms with Crippen molar-refractivity contribution >= 4 is 5.97 Å². The molecule has 0 aliphatic heterocycles. The first-order valence-electron chi connectivity index (χ1n) is 6.85. The van der Waals surface area contributed by atoms with Gasteiger partial charge < -0.3 is 20.3 Å². The maximum absolute atomic E-state index is 10.9. The van der Waals surface area contributed by atoms with Gasteiger partial charge in [0.2, 0.25) is 0 Å². The van der Waals surface area contributed by atoms with E-state index in [0.717, 1.165) is 12.8 Å². The number of carboxylic acid groups (broad SMARTS) is 1. The van der Waals surface area contributed by atoms with Crippen LogP contribution < -0.4 is 10.1 Å². The predicted molar refractivity (Wildman–Crippen MR) is 76.9 cm³/mol. The molecule has 20 heavy (non-hydrogen) atoms. The lowest BCUT2D eigenvalue weighted by Gasteiger charge is -2.23. The molecule has 0 heterocycles. The van der Waals surface area contributed by atoms with Gasteiger partial charge in [0.15, 0.2) is 0 Å². The Morgan fingerprint density at radius 3 is 2.50 bits per heavy atom. The number of carboxylic acids is 1. The zero-order valence-corrected chi connectivity index (χ0v) is 12.0. The van der Waals surface area contributed by atoms with Crippen LogP contribution in [0.5, 0.6) is 5.75 Å². The summed E-state index contributed by atoms with van der Waals surface area (Å²) in [5.74, 6) is -0.221. The highest BCUT2D eigenvalue weighted by atomic mass is 16.5. The van der Waals surface area contributed by atoms with E-state index in [1.54, 1.807) is 31.4 Å². The standard InChI is InChI=1S/C15H23NO4/c1-3-4-9-16-13(10-14(17)18)15(19)11-5-7-12(20-2)8-6-11/h5-8,13,15-16,19H,3-4,9-10H2,1-2H3,(H,17,18). The second-order valence-corrected chi connectivity index (χ2v) is 4.73. The van der Waals surface area contributed by atoms with E-state index in [1.807, 2.05) is 0 Å². The second kappa shape index (κ2) is 8.55. The molecule has 0 saturated heterocycles. The summed E-state index contributed by atoms with van der Waals surface area (Å²) >= 11 is 0. The molecule has 3 N–H and O–H groups in total. The van der Waals surface area contributed by atoms with Crippen LogP contribution >= 0.6 is 0 Å². The summed E-state index contributed by atoms with van der Waals surface area (Å²) < 4.78 is 5.06. The minimum atomic E-state index is -0.924. The SMILES string of the molecule is CCCCNC(CC(=O)O)C(O)c1ccc(OC)cc1. The maximum atomic E-state index is 10.9. The van der Waals surface area contributed by atoms with Gasteiger partial charge in [-0.2, -0.15) is 0 Å². The molecule has 2 unspecified atom stereocenters. The van der Waals surface area contributed by atoms with Crippen molar-refractivity contribution < 1.29 is 19.7 Å². The molecule has 1 rings (SSSR count). The van der Waals surface area contributed by atoms with Crippen LogP contribution in [0.3, 0.4) is 0 Å². The zero-order valence-electron chi connectivity index (χ0n) is 12.0. The molecule has 0 fully saturated rings. The number of hydrogen-bond acceptors (Lipinski definition) is 4. The lowest BCUT2D eigenvalue weighted by atomic mass is 9.99. The van der Waals surface area contributed by atoms with Crippen molar-refractivity contribution in [3.63, 3.8) is 0 Å². The summed E-state index contributed by atoms with van der Waals surface area (Å²) in [6.07, 6.45) is 1.00. The average molecular weight is 281 g/mol. The molecule has 1 aromatic carbocycles. The molecule has 0 aromatic heterocycles. The highest BCUT2D eigenvalue weighted by Gasteiger charge is 2.23. The van der Waals surface area contributed by atoms with Gasteiger partial charge in [0.1, 0.15) is 5.75 Å². The normalized spacial score (nSPS) is 13.8. The first kappa shape index (κ1) is 16.5. The Morgan fingerprint density at radius 1 is 1.35 bits per heavy atom. The highest BCUT2D eigenvalue weighted by molar-refractivity contribution is 5.67. The van der Waals surface area contributed by atoms with Gasteiger partial charge in [-0.1, -0.05) is 25.5 Å². The number of aliphatic hydroxyl groups is 1. The Labute approximate surface area is 119 Å². The first-order valence-corrected chi connectivity index (χ1v) is 6.85. The topological polar surface area (TPSA) is 78.8 Å². The molecule has 0 radical (unpaired) electrons. The summed E-state index contributed by atoms with van der Waals surface area (Å²) in [7, 11) is 1.57. The van der Waals surface area contributed by atoms with Crippen LogP contribution in [0.1, 0.15) is 37.9 Å². The molecule has 0 spiro atoms. The van der Waals surface area contributed by atoms with Crippen molar-refractivity contribution in [1.82, 2.24) is 5.32 Å². The molecule has 0 aliphatic carbocycles. The lowest BCUT2D eigenvalue weighted by molar-refractivity contribution is -0.138. The van der Waals surface area contributed by atoms with Crippen LogP contribution in [-0.2, 0) is 4.79 Å². The number of carbonyl (C=O) groups is 1. The number of ether oxygens (including phenoxy) is 1. The van der Waals surface area contributed by atoms with Gasteiger partial charge in [0.25, 0.3) is 0 Å². The number of aliphatic hydroxyl groups excluding tert-OH is 1. The van der Waals surface area contributed by atoms with Crippen LogP contribution in [0, 0.1) is 0 Å². The maximum Gasteiger partial charge on any atom is 0.305 e. The zero-order chi connectivity index (χ0) is 15.0. The average Bonchev–Trinajstić information content (AvgIpc) is 2.45. The Balaban J connectivity index is 2.73. The fourth-order valence-corrected chi connectivity index (χ4v) is 1.98. The van der Waals surface area contributed by atoms with Gasteiger partial charge in [-0.25, -0.2) is 0 Å². The largest absolute Gasteiger partial charge is 0.497 e. The monoisotopic (exact) mass is 281 g/mol. The summed E-state index contributed by atoms with van der Waals surface area (Å²) in [5.41, 5.74) is 0.682. The van der Waals surface area contributed by atoms with Crippen molar-refractivity contribution in [1.29, 1.82) is 0 Å².